The van der Waals surface area contributed by atoms with E-state index < -0.39 is 42.1 Å². The number of ether oxygens (including phenoxy) is 1. The summed E-state index contributed by atoms with van der Waals surface area (Å²) in [7, 11) is 0. The number of alkyl halides is 2. The number of hydrogen-bond donors (Lipinski definition) is 1. The van der Waals surface area contributed by atoms with E-state index in [1.165, 1.54) is 0 Å². The minimum Gasteiger partial charge on any atom is -0.444 e. The Morgan fingerprint density at radius 2 is 1.68 bits per heavy atom. The van der Waals surface area contributed by atoms with Gasteiger partial charge in [0.05, 0.1) is 25.7 Å². The van der Waals surface area contributed by atoms with Gasteiger partial charge in [0, 0.05) is 6.42 Å². The first-order valence-corrected chi connectivity index (χ1v) is 7.33. The highest BCUT2D eigenvalue weighted by molar-refractivity contribution is 5.86. The molecule has 2 saturated heterocycles. The van der Waals surface area contributed by atoms with Gasteiger partial charge in [0.2, 0.25) is 5.91 Å². The lowest BCUT2D eigenvalue weighted by atomic mass is 10.1. The van der Waals surface area contributed by atoms with Crippen molar-refractivity contribution in [1.29, 1.82) is 0 Å². The van der Waals surface area contributed by atoms with Crippen molar-refractivity contribution in [3.05, 3.63) is 0 Å². The Labute approximate surface area is 128 Å². The molecule has 2 amide bonds. The Hall–Kier alpha value is -1.44. The second-order valence-electron chi connectivity index (χ2n) is 6.81. The van der Waals surface area contributed by atoms with Crippen LogP contribution in [-0.4, -0.2) is 76.6 Å². The average molecular weight is 320 g/mol. The van der Waals surface area contributed by atoms with Crippen LogP contribution in [0.3, 0.4) is 0 Å². The van der Waals surface area contributed by atoms with Crippen LogP contribution in [0.25, 0.3) is 0 Å². The molecule has 0 spiro atoms. The molecule has 22 heavy (non-hydrogen) atoms. The van der Waals surface area contributed by atoms with Gasteiger partial charge in [-0.15, -0.1) is 0 Å². The molecular formula is C14H22F2N2O4. The molecule has 0 unspecified atom stereocenters. The fourth-order valence-electron chi connectivity index (χ4n) is 2.69. The monoisotopic (exact) mass is 320 g/mol. The lowest BCUT2D eigenvalue weighted by Gasteiger charge is -2.29. The zero-order valence-electron chi connectivity index (χ0n) is 13.0. The zero-order chi connectivity index (χ0) is 16.7. The Kier molecular flexibility index (Phi) is 4.60. The van der Waals surface area contributed by atoms with Gasteiger partial charge < -0.3 is 14.7 Å². The molecule has 2 rings (SSSR count). The van der Waals surface area contributed by atoms with Gasteiger partial charge in [0.15, 0.2) is 12.3 Å². The van der Waals surface area contributed by atoms with E-state index in [2.05, 4.69) is 0 Å². The van der Waals surface area contributed by atoms with E-state index in [1.807, 2.05) is 0 Å². The number of aliphatic hydroxyl groups is 1. The molecule has 0 aromatic rings. The summed E-state index contributed by atoms with van der Waals surface area (Å²) in [5.41, 5.74) is -0.736. The van der Waals surface area contributed by atoms with E-state index in [0.717, 1.165) is 9.80 Å². The molecule has 0 aromatic heterocycles. The molecule has 0 aromatic carbocycles. The molecule has 6 nitrogen and oxygen atoms in total. The first-order valence-electron chi connectivity index (χ1n) is 7.33. The number of β-amino-alcohol motifs (C(OH)–C–C–N with tert-alkyl or cyclic N) is 1. The standard InChI is InChI=1S/C14H22F2N2O4/c1-14(2,3)22-13(21)18-5-8(19)4-11(18)12(20)17-6-9(15)10(16)7-17/h8-11,19H,4-7H2,1-3H3/t8-,9+,10+,11+/m1/s1. The second-order valence-corrected chi connectivity index (χ2v) is 6.81. The Morgan fingerprint density at radius 1 is 1.14 bits per heavy atom. The largest absolute Gasteiger partial charge is 0.444 e. The van der Waals surface area contributed by atoms with Crippen LogP contribution in [0.15, 0.2) is 0 Å². The van der Waals surface area contributed by atoms with Gasteiger partial charge in [0.25, 0.3) is 0 Å². The van der Waals surface area contributed by atoms with Crippen LogP contribution in [-0.2, 0) is 9.53 Å². The normalized spacial score (nSPS) is 32.5. The van der Waals surface area contributed by atoms with Crippen LogP contribution < -0.4 is 0 Å². The zero-order valence-corrected chi connectivity index (χ0v) is 13.0. The lowest BCUT2D eigenvalue weighted by molar-refractivity contribution is -0.135. The summed E-state index contributed by atoms with van der Waals surface area (Å²) >= 11 is 0. The molecule has 1 N–H and O–H groups in total. The van der Waals surface area contributed by atoms with E-state index in [0.29, 0.717) is 0 Å². The number of rotatable bonds is 1. The van der Waals surface area contributed by atoms with Crippen LogP contribution in [0, 0.1) is 0 Å². The van der Waals surface area contributed by atoms with Crippen molar-refractivity contribution >= 4 is 12.0 Å². The van der Waals surface area contributed by atoms with E-state index in [-0.39, 0.29) is 26.1 Å². The van der Waals surface area contributed by atoms with Crippen molar-refractivity contribution in [3.8, 4) is 0 Å². The third-order valence-corrected chi connectivity index (χ3v) is 3.69. The molecule has 0 aliphatic carbocycles. The van der Waals surface area contributed by atoms with Crippen molar-refractivity contribution in [3.63, 3.8) is 0 Å². The molecule has 2 aliphatic rings. The summed E-state index contributed by atoms with van der Waals surface area (Å²) < 4.78 is 31.7. The van der Waals surface area contributed by atoms with Crippen molar-refractivity contribution in [1.82, 2.24) is 9.80 Å². The van der Waals surface area contributed by atoms with Gasteiger partial charge in [-0.1, -0.05) is 0 Å². The molecule has 2 aliphatic heterocycles. The predicted octanol–water partition coefficient (Wildman–Crippen LogP) is 0.875. The summed E-state index contributed by atoms with van der Waals surface area (Å²) in [5, 5.41) is 9.74. The number of amides is 2. The Balaban J connectivity index is 2.07. The van der Waals surface area contributed by atoms with Gasteiger partial charge in [-0.2, -0.15) is 0 Å². The number of carbonyl (C=O) groups is 2. The fourth-order valence-corrected chi connectivity index (χ4v) is 2.69. The Morgan fingerprint density at radius 3 is 2.18 bits per heavy atom. The maximum atomic E-state index is 13.2. The highest BCUT2D eigenvalue weighted by Crippen LogP contribution is 2.25. The third-order valence-electron chi connectivity index (χ3n) is 3.69. The van der Waals surface area contributed by atoms with Crippen LogP contribution in [0.4, 0.5) is 13.6 Å². The maximum absolute atomic E-state index is 13.2. The van der Waals surface area contributed by atoms with E-state index in [1.54, 1.807) is 20.8 Å². The van der Waals surface area contributed by atoms with E-state index in [4.69, 9.17) is 4.74 Å². The minimum absolute atomic E-state index is 0.0305. The van der Waals surface area contributed by atoms with E-state index >= 15 is 0 Å². The number of halogens is 2. The van der Waals surface area contributed by atoms with Crippen molar-refractivity contribution in [2.75, 3.05) is 19.6 Å². The van der Waals surface area contributed by atoms with Crippen LogP contribution in [0.1, 0.15) is 27.2 Å². The second kappa shape index (κ2) is 5.98. The third kappa shape index (κ3) is 3.66. The summed E-state index contributed by atoms with van der Waals surface area (Å²) in [6.07, 6.45) is -4.93. The molecule has 0 saturated carbocycles. The molecule has 2 fully saturated rings. The first kappa shape index (κ1) is 16.9. The summed E-state index contributed by atoms with van der Waals surface area (Å²) in [4.78, 5) is 26.7. The summed E-state index contributed by atoms with van der Waals surface area (Å²) in [6, 6.07) is -0.942. The topological polar surface area (TPSA) is 70.1 Å². The smallest absolute Gasteiger partial charge is 0.411 e. The number of nitrogens with zero attached hydrogens (tertiary/aromatic N) is 2. The first-order chi connectivity index (χ1) is 10.1. The number of likely N-dealkylation sites (tertiary alicyclic amines) is 2. The van der Waals surface area contributed by atoms with Gasteiger partial charge in [-0.05, 0) is 20.8 Å². The van der Waals surface area contributed by atoms with Crippen LogP contribution >= 0.6 is 0 Å². The van der Waals surface area contributed by atoms with Gasteiger partial charge in [-0.3, -0.25) is 9.69 Å². The highest BCUT2D eigenvalue weighted by Gasteiger charge is 2.45. The molecule has 0 bridgehead atoms. The average Bonchev–Trinajstić information content (AvgIpc) is 2.91. The van der Waals surface area contributed by atoms with Crippen molar-refractivity contribution < 1.29 is 28.2 Å². The lowest BCUT2D eigenvalue weighted by Crippen LogP contribution is -2.48. The quantitative estimate of drug-likeness (QED) is 0.778. The van der Waals surface area contributed by atoms with Crippen LogP contribution in [0.2, 0.25) is 0 Å². The molecular weight excluding hydrogens is 298 g/mol. The minimum atomic E-state index is -1.70. The maximum Gasteiger partial charge on any atom is 0.411 e. The van der Waals surface area contributed by atoms with E-state index in [9.17, 15) is 23.5 Å². The van der Waals surface area contributed by atoms with Gasteiger partial charge >= 0.3 is 6.09 Å². The Bertz CT molecular complexity index is 445. The number of carbonyl (C=O) groups excluding carboxylic acids is 2. The van der Waals surface area contributed by atoms with Crippen molar-refractivity contribution in [2.24, 2.45) is 0 Å². The highest BCUT2D eigenvalue weighted by atomic mass is 19.2. The molecule has 0 radical (unpaired) electrons. The molecule has 126 valence electrons. The number of hydrogen-bond acceptors (Lipinski definition) is 4. The SMILES string of the molecule is CC(C)(C)OC(=O)N1C[C@H](O)C[C@H]1C(=O)N1C[C@H](F)[C@@H](F)C1. The predicted molar refractivity (Wildman–Crippen MR) is 73.7 cm³/mol. The molecule has 2 heterocycles. The summed E-state index contributed by atoms with van der Waals surface area (Å²) in [5.74, 6) is -0.551. The molecule has 4 atom stereocenters. The van der Waals surface area contributed by atoms with Crippen LogP contribution in [0.5, 0.6) is 0 Å². The van der Waals surface area contributed by atoms with Gasteiger partial charge in [0.1, 0.15) is 11.6 Å². The summed E-state index contributed by atoms with van der Waals surface area (Å²) in [6.45, 7) is 4.39. The van der Waals surface area contributed by atoms with Gasteiger partial charge in [-0.25, -0.2) is 13.6 Å². The fraction of sp³-hybridized carbons (Fsp3) is 0.857. The number of aliphatic hydroxyl groups excluding tert-OH is 1. The van der Waals surface area contributed by atoms with Crippen molar-refractivity contribution in [2.45, 2.75) is 57.3 Å². The molecule has 8 heteroatoms.